The monoisotopic (exact) mass is 315 g/mol. The van der Waals surface area contributed by atoms with Gasteiger partial charge in [-0.3, -0.25) is 4.68 Å². The first-order valence-corrected chi connectivity index (χ1v) is 7.80. The molecule has 1 aromatic rings. The Hall–Kier alpha value is -0.350. The molecule has 3 nitrogen and oxygen atoms in total. The first-order chi connectivity index (χ1) is 8.52. The quantitative estimate of drug-likeness (QED) is 0.808. The molecule has 2 N–H and O–H groups in total. The Morgan fingerprint density at radius 1 is 1.28 bits per heavy atom. The van der Waals surface area contributed by atoms with Crippen molar-refractivity contribution in [2.24, 2.45) is 11.7 Å². The van der Waals surface area contributed by atoms with Gasteiger partial charge in [-0.05, 0) is 48.5 Å². The number of aromatic nitrogens is 2. The molecule has 0 spiro atoms. The molecule has 1 aromatic heterocycles. The second-order valence-corrected chi connectivity index (χ2v) is 6.13. The lowest BCUT2D eigenvalue weighted by atomic mass is 9.89. The Balaban J connectivity index is 2.99. The summed E-state index contributed by atoms with van der Waals surface area (Å²) in [7, 11) is 0. The number of hydrogen-bond donors (Lipinski definition) is 1. The first-order valence-electron chi connectivity index (χ1n) is 7.01. The average molecular weight is 316 g/mol. The van der Waals surface area contributed by atoms with Crippen LogP contribution < -0.4 is 5.73 Å². The van der Waals surface area contributed by atoms with Gasteiger partial charge in [-0.1, -0.05) is 26.7 Å². The van der Waals surface area contributed by atoms with Gasteiger partial charge in [-0.2, -0.15) is 5.10 Å². The van der Waals surface area contributed by atoms with E-state index in [1.54, 1.807) is 0 Å². The van der Waals surface area contributed by atoms with Gasteiger partial charge in [0, 0.05) is 6.04 Å². The van der Waals surface area contributed by atoms with E-state index in [1.807, 2.05) is 10.9 Å². The molecule has 0 saturated heterocycles. The molecule has 0 aromatic carbocycles. The molecule has 0 radical (unpaired) electrons. The van der Waals surface area contributed by atoms with Gasteiger partial charge in [0.25, 0.3) is 0 Å². The van der Waals surface area contributed by atoms with Crippen molar-refractivity contribution in [2.45, 2.75) is 65.5 Å². The summed E-state index contributed by atoms with van der Waals surface area (Å²) < 4.78 is 3.09. The van der Waals surface area contributed by atoms with Crippen LogP contribution >= 0.6 is 15.9 Å². The molecular formula is C14H26BrN3. The van der Waals surface area contributed by atoms with Crippen LogP contribution in [0.15, 0.2) is 10.7 Å². The second-order valence-electron chi connectivity index (χ2n) is 5.28. The van der Waals surface area contributed by atoms with Crippen LogP contribution in [-0.4, -0.2) is 9.78 Å². The number of nitrogens with two attached hydrogens (primary N) is 1. The molecular weight excluding hydrogens is 290 g/mol. The number of halogens is 1. The Kier molecular flexibility index (Phi) is 6.36. The summed E-state index contributed by atoms with van der Waals surface area (Å²) in [4.78, 5) is 0. The van der Waals surface area contributed by atoms with Crippen molar-refractivity contribution in [1.29, 1.82) is 0 Å². The first kappa shape index (κ1) is 15.7. The molecule has 1 heterocycles. The van der Waals surface area contributed by atoms with Gasteiger partial charge in [0.05, 0.1) is 22.4 Å². The topological polar surface area (TPSA) is 43.8 Å². The van der Waals surface area contributed by atoms with Crippen molar-refractivity contribution in [3.05, 3.63) is 16.4 Å². The SMILES string of the molecule is CCCC(CCC)C(N)c1c(Br)cnn1C(C)C. The third-order valence-corrected chi connectivity index (χ3v) is 4.03. The van der Waals surface area contributed by atoms with Crippen molar-refractivity contribution < 1.29 is 0 Å². The minimum atomic E-state index is 0.0733. The van der Waals surface area contributed by atoms with Crippen molar-refractivity contribution in [3.8, 4) is 0 Å². The second kappa shape index (κ2) is 7.29. The van der Waals surface area contributed by atoms with Crippen molar-refractivity contribution >= 4 is 15.9 Å². The summed E-state index contributed by atoms with van der Waals surface area (Å²) in [5.41, 5.74) is 7.65. The fraction of sp³-hybridized carbons (Fsp3) is 0.786. The Morgan fingerprint density at radius 2 is 1.83 bits per heavy atom. The summed E-state index contributed by atoms with van der Waals surface area (Å²) in [5.74, 6) is 0.547. The van der Waals surface area contributed by atoms with Crippen molar-refractivity contribution in [1.82, 2.24) is 9.78 Å². The number of rotatable bonds is 7. The lowest BCUT2D eigenvalue weighted by Crippen LogP contribution is -2.25. The number of hydrogen-bond acceptors (Lipinski definition) is 2. The smallest absolute Gasteiger partial charge is 0.0699 e. The standard InChI is InChI=1S/C14H26BrN3/c1-5-7-11(8-6-2)13(16)14-12(15)9-17-18(14)10(3)4/h9-11,13H,5-8,16H2,1-4H3. The van der Waals surface area contributed by atoms with E-state index in [9.17, 15) is 0 Å². The van der Waals surface area contributed by atoms with Gasteiger partial charge in [0.2, 0.25) is 0 Å². The molecule has 0 bridgehead atoms. The summed E-state index contributed by atoms with van der Waals surface area (Å²) in [6.45, 7) is 8.74. The molecule has 104 valence electrons. The Labute approximate surface area is 119 Å². The van der Waals surface area contributed by atoms with Gasteiger partial charge < -0.3 is 5.73 Å². The van der Waals surface area contributed by atoms with E-state index >= 15 is 0 Å². The molecule has 0 aliphatic rings. The molecule has 1 rings (SSSR count). The molecule has 18 heavy (non-hydrogen) atoms. The molecule has 0 saturated carbocycles. The fourth-order valence-electron chi connectivity index (χ4n) is 2.54. The maximum atomic E-state index is 6.50. The van der Waals surface area contributed by atoms with Crippen LogP contribution in [0, 0.1) is 5.92 Å². The summed E-state index contributed by atoms with van der Waals surface area (Å²) in [5, 5.41) is 4.43. The van der Waals surface area contributed by atoms with Crippen LogP contribution in [0.3, 0.4) is 0 Å². The maximum Gasteiger partial charge on any atom is 0.0699 e. The van der Waals surface area contributed by atoms with E-state index in [0.29, 0.717) is 12.0 Å². The predicted octanol–water partition coefficient (Wildman–Crippen LogP) is 4.44. The highest BCUT2D eigenvalue weighted by Crippen LogP contribution is 2.33. The summed E-state index contributed by atoms with van der Waals surface area (Å²) >= 11 is 3.59. The van der Waals surface area contributed by atoms with E-state index in [-0.39, 0.29) is 6.04 Å². The van der Waals surface area contributed by atoms with Gasteiger partial charge in [0.1, 0.15) is 0 Å². The molecule has 1 unspecified atom stereocenters. The fourth-order valence-corrected chi connectivity index (χ4v) is 3.08. The molecule has 4 heteroatoms. The van der Waals surface area contributed by atoms with Gasteiger partial charge >= 0.3 is 0 Å². The van der Waals surface area contributed by atoms with Crippen LogP contribution in [0.4, 0.5) is 0 Å². The minimum absolute atomic E-state index is 0.0733. The average Bonchev–Trinajstić information content (AvgIpc) is 2.70. The minimum Gasteiger partial charge on any atom is -0.322 e. The van der Waals surface area contributed by atoms with Crippen LogP contribution in [0.1, 0.15) is 71.2 Å². The third-order valence-electron chi connectivity index (χ3n) is 3.42. The van der Waals surface area contributed by atoms with Gasteiger partial charge in [0.15, 0.2) is 0 Å². The third kappa shape index (κ3) is 3.58. The van der Waals surface area contributed by atoms with Crippen LogP contribution in [-0.2, 0) is 0 Å². The van der Waals surface area contributed by atoms with E-state index in [0.717, 1.165) is 10.2 Å². The lowest BCUT2D eigenvalue weighted by Gasteiger charge is -2.25. The van der Waals surface area contributed by atoms with Crippen LogP contribution in [0.2, 0.25) is 0 Å². The summed E-state index contributed by atoms with van der Waals surface area (Å²) in [6, 6.07) is 0.422. The van der Waals surface area contributed by atoms with E-state index in [1.165, 1.54) is 25.7 Å². The molecule has 0 amide bonds. The largest absolute Gasteiger partial charge is 0.322 e. The highest BCUT2D eigenvalue weighted by Gasteiger charge is 2.24. The van der Waals surface area contributed by atoms with Crippen molar-refractivity contribution in [2.75, 3.05) is 0 Å². The van der Waals surface area contributed by atoms with E-state index in [2.05, 4.69) is 48.7 Å². The molecule has 1 atom stereocenters. The zero-order valence-corrected chi connectivity index (χ0v) is 13.6. The van der Waals surface area contributed by atoms with Crippen LogP contribution in [0.5, 0.6) is 0 Å². The van der Waals surface area contributed by atoms with Gasteiger partial charge in [-0.25, -0.2) is 0 Å². The van der Waals surface area contributed by atoms with E-state index in [4.69, 9.17) is 5.73 Å². The molecule has 0 aliphatic heterocycles. The Bertz CT molecular complexity index is 354. The van der Waals surface area contributed by atoms with Crippen LogP contribution in [0.25, 0.3) is 0 Å². The summed E-state index contributed by atoms with van der Waals surface area (Å²) in [6.07, 6.45) is 6.61. The van der Waals surface area contributed by atoms with Crippen molar-refractivity contribution in [3.63, 3.8) is 0 Å². The highest BCUT2D eigenvalue weighted by atomic mass is 79.9. The zero-order valence-electron chi connectivity index (χ0n) is 12.0. The number of nitrogens with zero attached hydrogens (tertiary/aromatic N) is 2. The zero-order chi connectivity index (χ0) is 13.7. The Morgan fingerprint density at radius 3 is 2.28 bits per heavy atom. The highest BCUT2D eigenvalue weighted by molar-refractivity contribution is 9.10. The molecule has 0 aliphatic carbocycles. The predicted molar refractivity (Wildman–Crippen MR) is 80.5 cm³/mol. The van der Waals surface area contributed by atoms with E-state index < -0.39 is 0 Å². The normalized spacial score (nSPS) is 13.6. The lowest BCUT2D eigenvalue weighted by molar-refractivity contribution is 0.343. The molecule has 0 fully saturated rings. The maximum absolute atomic E-state index is 6.50. The van der Waals surface area contributed by atoms with Gasteiger partial charge in [-0.15, -0.1) is 0 Å².